The van der Waals surface area contributed by atoms with Gasteiger partial charge >= 0.3 is 0 Å². The average molecular weight is 222 g/mol. The largest absolute Gasteiger partial charge is 0.328 e. The summed E-state index contributed by atoms with van der Waals surface area (Å²) >= 11 is 0. The molecule has 14 heavy (non-hydrogen) atoms. The van der Waals surface area contributed by atoms with Gasteiger partial charge in [-0.3, -0.25) is 4.90 Å². The first-order valence-electron chi connectivity index (χ1n) is 5.17. The maximum Gasteiger partial charge on any atom is 0.0226 e. The fourth-order valence-corrected chi connectivity index (χ4v) is 2.02. The van der Waals surface area contributed by atoms with Gasteiger partial charge in [-0.15, -0.1) is 12.4 Å². The first-order valence-corrected chi connectivity index (χ1v) is 5.17. The molecule has 86 valence electrons. The molecular formula is C10H24ClN3. The van der Waals surface area contributed by atoms with E-state index in [1.165, 1.54) is 0 Å². The Kier molecular flexibility index (Phi) is 5.37. The van der Waals surface area contributed by atoms with Crippen LogP contribution in [0.25, 0.3) is 0 Å². The molecule has 1 aliphatic rings. The molecule has 1 aliphatic heterocycles. The zero-order valence-electron chi connectivity index (χ0n) is 9.49. The van der Waals surface area contributed by atoms with Crippen LogP contribution < -0.4 is 11.5 Å². The second kappa shape index (κ2) is 5.31. The highest BCUT2D eigenvalue weighted by Gasteiger charge is 2.26. The van der Waals surface area contributed by atoms with Gasteiger partial charge in [0.25, 0.3) is 0 Å². The molecule has 0 spiro atoms. The lowest BCUT2D eigenvalue weighted by Crippen LogP contribution is -2.53. The molecule has 0 radical (unpaired) electrons. The van der Waals surface area contributed by atoms with Crippen molar-refractivity contribution in [3.05, 3.63) is 0 Å². The minimum atomic E-state index is -0.0876. The Morgan fingerprint density at radius 3 is 2.43 bits per heavy atom. The van der Waals surface area contributed by atoms with E-state index in [0.717, 1.165) is 25.9 Å². The number of hydrogen-bond donors (Lipinski definition) is 2. The van der Waals surface area contributed by atoms with Crippen LogP contribution in [0.5, 0.6) is 0 Å². The SMILES string of the molecule is CC1CC(N)CCN1CC(C)(C)N.Cl. The van der Waals surface area contributed by atoms with E-state index in [-0.39, 0.29) is 17.9 Å². The Bertz CT molecular complexity index is 167. The summed E-state index contributed by atoms with van der Waals surface area (Å²) in [6.07, 6.45) is 2.22. The Hall–Kier alpha value is 0.170. The van der Waals surface area contributed by atoms with Crippen LogP contribution in [0.2, 0.25) is 0 Å². The summed E-state index contributed by atoms with van der Waals surface area (Å²) in [4.78, 5) is 2.45. The third kappa shape index (κ3) is 4.60. The number of piperidine rings is 1. The van der Waals surface area contributed by atoms with Crippen molar-refractivity contribution in [3.8, 4) is 0 Å². The molecule has 4 N–H and O–H groups in total. The minimum absolute atomic E-state index is 0. The first kappa shape index (κ1) is 14.2. The fourth-order valence-electron chi connectivity index (χ4n) is 2.02. The van der Waals surface area contributed by atoms with Crippen LogP contribution in [-0.4, -0.2) is 35.6 Å². The van der Waals surface area contributed by atoms with Gasteiger partial charge in [0.1, 0.15) is 0 Å². The van der Waals surface area contributed by atoms with Crippen LogP contribution in [0.1, 0.15) is 33.6 Å². The van der Waals surface area contributed by atoms with E-state index in [2.05, 4.69) is 25.7 Å². The summed E-state index contributed by atoms with van der Waals surface area (Å²) in [5.41, 5.74) is 11.8. The van der Waals surface area contributed by atoms with Crippen LogP contribution >= 0.6 is 12.4 Å². The number of nitrogens with zero attached hydrogens (tertiary/aromatic N) is 1. The zero-order chi connectivity index (χ0) is 10.1. The Labute approximate surface area is 93.6 Å². The molecule has 4 heteroatoms. The predicted molar refractivity (Wildman–Crippen MR) is 63.8 cm³/mol. The Morgan fingerprint density at radius 1 is 1.43 bits per heavy atom. The molecule has 0 aromatic heterocycles. The van der Waals surface area contributed by atoms with Gasteiger partial charge in [-0.25, -0.2) is 0 Å². The molecule has 2 unspecified atom stereocenters. The highest BCUT2D eigenvalue weighted by atomic mass is 35.5. The minimum Gasteiger partial charge on any atom is -0.328 e. The molecule has 0 aliphatic carbocycles. The number of likely N-dealkylation sites (tertiary alicyclic amines) is 1. The highest BCUT2D eigenvalue weighted by molar-refractivity contribution is 5.85. The normalized spacial score (nSPS) is 29.8. The predicted octanol–water partition coefficient (Wildman–Crippen LogP) is 0.957. The van der Waals surface area contributed by atoms with Crippen LogP contribution in [0.3, 0.4) is 0 Å². The Morgan fingerprint density at radius 2 is 2.00 bits per heavy atom. The van der Waals surface area contributed by atoms with Crippen molar-refractivity contribution in [1.29, 1.82) is 0 Å². The smallest absolute Gasteiger partial charge is 0.0226 e. The summed E-state index contributed by atoms with van der Waals surface area (Å²) in [7, 11) is 0. The van der Waals surface area contributed by atoms with Gasteiger partial charge < -0.3 is 11.5 Å². The average Bonchev–Trinajstić information content (AvgIpc) is 1.93. The number of hydrogen-bond acceptors (Lipinski definition) is 3. The van der Waals surface area contributed by atoms with Gasteiger partial charge in [0.05, 0.1) is 0 Å². The van der Waals surface area contributed by atoms with E-state index in [0.29, 0.717) is 12.1 Å². The lowest BCUT2D eigenvalue weighted by atomic mass is 9.96. The fraction of sp³-hybridized carbons (Fsp3) is 1.00. The lowest BCUT2D eigenvalue weighted by molar-refractivity contribution is 0.123. The van der Waals surface area contributed by atoms with Crippen molar-refractivity contribution in [2.75, 3.05) is 13.1 Å². The van der Waals surface area contributed by atoms with Crippen molar-refractivity contribution in [1.82, 2.24) is 4.90 Å². The second-order valence-corrected chi connectivity index (χ2v) is 5.09. The van der Waals surface area contributed by atoms with Crippen molar-refractivity contribution in [2.24, 2.45) is 11.5 Å². The highest BCUT2D eigenvalue weighted by Crippen LogP contribution is 2.17. The van der Waals surface area contributed by atoms with E-state index in [4.69, 9.17) is 11.5 Å². The van der Waals surface area contributed by atoms with Crippen LogP contribution in [-0.2, 0) is 0 Å². The molecule has 0 saturated carbocycles. The molecule has 0 bridgehead atoms. The Balaban J connectivity index is 0.00000169. The van der Waals surface area contributed by atoms with Crippen molar-refractivity contribution >= 4 is 12.4 Å². The summed E-state index contributed by atoms with van der Waals surface area (Å²) < 4.78 is 0. The van der Waals surface area contributed by atoms with E-state index in [1.54, 1.807) is 0 Å². The third-order valence-electron chi connectivity index (χ3n) is 2.66. The summed E-state index contributed by atoms with van der Waals surface area (Å²) in [5.74, 6) is 0. The number of rotatable bonds is 2. The van der Waals surface area contributed by atoms with Gasteiger partial charge in [0.15, 0.2) is 0 Å². The van der Waals surface area contributed by atoms with Gasteiger partial charge in [-0.1, -0.05) is 0 Å². The maximum atomic E-state index is 5.99. The standard InChI is InChI=1S/C10H23N3.ClH/c1-8-6-9(11)4-5-13(8)7-10(2,3)12;/h8-9H,4-7,11-12H2,1-3H3;1H. The number of halogens is 1. The van der Waals surface area contributed by atoms with Crippen LogP contribution in [0.15, 0.2) is 0 Å². The summed E-state index contributed by atoms with van der Waals surface area (Å²) in [5, 5.41) is 0. The van der Waals surface area contributed by atoms with Crippen LogP contribution in [0.4, 0.5) is 0 Å². The molecule has 1 saturated heterocycles. The molecule has 1 heterocycles. The van der Waals surface area contributed by atoms with Crippen molar-refractivity contribution < 1.29 is 0 Å². The topological polar surface area (TPSA) is 55.3 Å². The second-order valence-electron chi connectivity index (χ2n) is 5.09. The lowest BCUT2D eigenvalue weighted by Gasteiger charge is -2.39. The molecule has 1 fully saturated rings. The molecule has 0 amide bonds. The summed E-state index contributed by atoms with van der Waals surface area (Å²) in [6, 6.07) is 0.985. The van der Waals surface area contributed by atoms with E-state index >= 15 is 0 Å². The van der Waals surface area contributed by atoms with Crippen molar-refractivity contribution in [3.63, 3.8) is 0 Å². The molecule has 0 aromatic carbocycles. The zero-order valence-corrected chi connectivity index (χ0v) is 10.3. The molecule has 3 nitrogen and oxygen atoms in total. The number of nitrogens with two attached hydrogens (primary N) is 2. The first-order chi connectivity index (χ1) is 5.88. The van der Waals surface area contributed by atoms with E-state index in [1.807, 2.05) is 0 Å². The molecule has 0 aromatic rings. The monoisotopic (exact) mass is 221 g/mol. The van der Waals surface area contributed by atoms with E-state index < -0.39 is 0 Å². The molecular weight excluding hydrogens is 198 g/mol. The third-order valence-corrected chi connectivity index (χ3v) is 2.66. The maximum absolute atomic E-state index is 5.99. The molecule has 1 rings (SSSR count). The molecule has 2 atom stereocenters. The van der Waals surface area contributed by atoms with Gasteiger partial charge in [-0.2, -0.15) is 0 Å². The van der Waals surface area contributed by atoms with Gasteiger partial charge in [0, 0.05) is 24.2 Å². The van der Waals surface area contributed by atoms with Gasteiger partial charge in [-0.05, 0) is 40.2 Å². The quantitative estimate of drug-likeness (QED) is 0.731. The van der Waals surface area contributed by atoms with Gasteiger partial charge in [0.2, 0.25) is 0 Å². The van der Waals surface area contributed by atoms with Crippen molar-refractivity contribution in [2.45, 2.75) is 51.2 Å². The van der Waals surface area contributed by atoms with Crippen LogP contribution in [0, 0.1) is 0 Å². The summed E-state index contributed by atoms with van der Waals surface area (Å²) in [6.45, 7) is 8.47. The van der Waals surface area contributed by atoms with E-state index in [9.17, 15) is 0 Å².